The van der Waals surface area contributed by atoms with Crippen molar-refractivity contribution in [2.24, 2.45) is 51.8 Å². The standard InChI is InChI=1S/C31H54O4/c1-20(11-14-28(2,3)33)22-9-10-23-21-7-8-25-27(32)26(35-19-29(4)17-34-18-29)13-16-31(25,6)24(21)12-15-30(22,23)5/h20-27,32-33H,7-19H2,1-6H3/t20-,21+,22-,23+,24+,25+,26+,27-,30-,31-/m1/s1. The molecule has 0 bridgehead atoms. The molecule has 0 unspecified atom stereocenters. The molecule has 0 amide bonds. The predicted octanol–water partition coefficient (Wildman–Crippen LogP) is 6.23. The van der Waals surface area contributed by atoms with Gasteiger partial charge in [-0.15, -0.1) is 0 Å². The van der Waals surface area contributed by atoms with Crippen LogP contribution in [-0.2, 0) is 9.47 Å². The second kappa shape index (κ2) is 9.24. The van der Waals surface area contributed by atoms with Crippen LogP contribution in [-0.4, -0.2) is 47.8 Å². The van der Waals surface area contributed by atoms with Crippen molar-refractivity contribution in [1.29, 1.82) is 0 Å². The highest BCUT2D eigenvalue weighted by Gasteiger charge is 2.62. The van der Waals surface area contributed by atoms with Crippen LogP contribution in [0.25, 0.3) is 0 Å². The summed E-state index contributed by atoms with van der Waals surface area (Å²) >= 11 is 0. The monoisotopic (exact) mass is 490 g/mol. The number of aliphatic hydroxyl groups excluding tert-OH is 1. The summed E-state index contributed by atoms with van der Waals surface area (Å²) in [7, 11) is 0. The molecule has 0 spiro atoms. The largest absolute Gasteiger partial charge is 0.390 e. The predicted molar refractivity (Wildman–Crippen MR) is 140 cm³/mol. The van der Waals surface area contributed by atoms with Crippen LogP contribution < -0.4 is 0 Å². The van der Waals surface area contributed by atoms with Gasteiger partial charge in [0.25, 0.3) is 0 Å². The number of aliphatic hydroxyl groups is 2. The molecule has 4 saturated carbocycles. The normalized spacial score (nSPS) is 47.8. The highest BCUT2D eigenvalue weighted by molar-refractivity contribution is 5.11. The van der Waals surface area contributed by atoms with E-state index in [1.807, 2.05) is 13.8 Å². The topological polar surface area (TPSA) is 58.9 Å². The summed E-state index contributed by atoms with van der Waals surface area (Å²) in [5.74, 6) is 4.32. The van der Waals surface area contributed by atoms with Crippen LogP contribution >= 0.6 is 0 Å². The molecule has 4 nitrogen and oxygen atoms in total. The summed E-state index contributed by atoms with van der Waals surface area (Å²) in [5, 5.41) is 21.8. The van der Waals surface area contributed by atoms with Crippen molar-refractivity contribution in [3.8, 4) is 0 Å². The van der Waals surface area contributed by atoms with E-state index in [1.165, 1.54) is 44.9 Å². The molecule has 10 atom stereocenters. The fraction of sp³-hybridized carbons (Fsp3) is 1.00. The Balaban J connectivity index is 1.25. The Kier molecular flexibility index (Phi) is 6.98. The molecular weight excluding hydrogens is 436 g/mol. The molecule has 4 aliphatic carbocycles. The van der Waals surface area contributed by atoms with E-state index in [1.54, 1.807) is 0 Å². The lowest BCUT2D eigenvalue weighted by atomic mass is 9.44. The van der Waals surface area contributed by atoms with Crippen LogP contribution in [0.1, 0.15) is 106 Å². The van der Waals surface area contributed by atoms with E-state index in [0.29, 0.717) is 17.3 Å². The summed E-state index contributed by atoms with van der Waals surface area (Å²) in [5.41, 5.74) is 0.319. The van der Waals surface area contributed by atoms with E-state index in [2.05, 4.69) is 27.7 Å². The van der Waals surface area contributed by atoms with E-state index in [4.69, 9.17) is 9.47 Å². The lowest BCUT2D eigenvalue weighted by molar-refractivity contribution is -0.207. The summed E-state index contributed by atoms with van der Waals surface area (Å²) in [6, 6.07) is 0. The molecule has 5 rings (SSSR count). The molecule has 0 aromatic rings. The summed E-state index contributed by atoms with van der Waals surface area (Å²) in [4.78, 5) is 0. The van der Waals surface area contributed by atoms with Crippen molar-refractivity contribution in [1.82, 2.24) is 0 Å². The molecule has 5 fully saturated rings. The van der Waals surface area contributed by atoms with Crippen LogP contribution in [0.2, 0.25) is 0 Å². The van der Waals surface area contributed by atoms with Gasteiger partial charge < -0.3 is 19.7 Å². The summed E-state index contributed by atoms with van der Waals surface area (Å²) in [6.45, 7) is 16.1. The number of rotatable bonds is 7. The average molecular weight is 491 g/mol. The zero-order valence-corrected chi connectivity index (χ0v) is 23.5. The first kappa shape index (κ1) is 26.4. The van der Waals surface area contributed by atoms with Crippen molar-refractivity contribution in [3.63, 3.8) is 0 Å². The first-order valence-corrected chi connectivity index (χ1v) is 15.0. The summed E-state index contributed by atoms with van der Waals surface area (Å²) in [6.07, 6.45) is 11.9. The van der Waals surface area contributed by atoms with Crippen molar-refractivity contribution < 1.29 is 19.7 Å². The van der Waals surface area contributed by atoms with Gasteiger partial charge in [0, 0.05) is 5.41 Å². The van der Waals surface area contributed by atoms with Gasteiger partial charge in [-0.2, -0.15) is 0 Å². The Morgan fingerprint density at radius 3 is 2.23 bits per heavy atom. The Hall–Kier alpha value is -0.160. The van der Waals surface area contributed by atoms with Gasteiger partial charge in [-0.3, -0.25) is 0 Å². The highest BCUT2D eigenvalue weighted by Crippen LogP contribution is 2.68. The minimum atomic E-state index is -0.551. The zero-order valence-electron chi connectivity index (χ0n) is 23.5. The highest BCUT2D eigenvalue weighted by atomic mass is 16.5. The third kappa shape index (κ3) is 4.66. The quantitative estimate of drug-likeness (QED) is 0.444. The Labute approximate surface area is 214 Å². The fourth-order valence-corrected chi connectivity index (χ4v) is 10.1. The van der Waals surface area contributed by atoms with Crippen LogP contribution in [0.3, 0.4) is 0 Å². The third-order valence-corrected chi connectivity index (χ3v) is 12.2. The first-order chi connectivity index (χ1) is 16.4. The Morgan fingerprint density at radius 1 is 0.914 bits per heavy atom. The zero-order chi connectivity index (χ0) is 25.2. The second-order valence-corrected chi connectivity index (χ2v) is 15.3. The number of hydrogen-bond acceptors (Lipinski definition) is 4. The average Bonchev–Trinajstić information content (AvgIpc) is 3.12. The molecule has 202 valence electrons. The maximum Gasteiger partial charge on any atom is 0.0837 e. The van der Waals surface area contributed by atoms with Crippen LogP contribution in [0, 0.1) is 51.8 Å². The van der Waals surface area contributed by atoms with Gasteiger partial charge in [0.15, 0.2) is 0 Å². The van der Waals surface area contributed by atoms with E-state index >= 15 is 0 Å². The number of ether oxygens (including phenoxy) is 2. The summed E-state index contributed by atoms with van der Waals surface area (Å²) < 4.78 is 11.8. The fourth-order valence-electron chi connectivity index (χ4n) is 10.1. The third-order valence-electron chi connectivity index (χ3n) is 12.2. The molecule has 0 aromatic heterocycles. The number of fused-ring (bicyclic) bond motifs is 5. The number of hydrogen-bond donors (Lipinski definition) is 2. The van der Waals surface area contributed by atoms with E-state index in [-0.39, 0.29) is 23.0 Å². The van der Waals surface area contributed by atoms with Gasteiger partial charge in [0.05, 0.1) is 37.6 Å². The van der Waals surface area contributed by atoms with Gasteiger partial charge in [-0.25, -0.2) is 0 Å². The Bertz CT molecular complexity index is 756. The van der Waals surface area contributed by atoms with Gasteiger partial charge in [-0.1, -0.05) is 27.7 Å². The van der Waals surface area contributed by atoms with Crippen molar-refractivity contribution >= 4 is 0 Å². The molecule has 0 radical (unpaired) electrons. The minimum absolute atomic E-state index is 0.00314. The SMILES string of the molecule is C[C@H](CCC(C)(C)O)[C@H]1CC[C@H]2[C@@H]3CC[C@H]4[C@@H](O)[C@@H](OCC5(C)COC5)CC[C@]4(C)[C@H]3CC[C@]12C. The van der Waals surface area contributed by atoms with E-state index in [9.17, 15) is 10.2 Å². The smallest absolute Gasteiger partial charge is 0.0837 e. The van der Waals surface area contributed by atoms with E-state index < -0.39 is 5.60 Å². The van der Waals surface area contributed by atoms with Crippen LogP contribution in [0.4, 0.5) is 0 Å². The molecule has 1 heterocycles. The first-order valence-electron chi connectivity index (χ1n) is 15.0. The molecule has 4 heteroatoms. The molecule has 2 N–H and O–H groups in total. The van der Waals surface area contributed by atoms with Crippen molar-refractivity contribution in [2.75, 3.05) is 19.8 Å². The maximum atomic E-state index is 11.5. The lowest BCUT2D eigenvalue weighted by Gasteiger charge is -2.62. The van der Waals surface area contributed by atoms with Gasteiger partial charge in [0.1, 0.15) is 0 Å². The van der Waals surface area contributed by atoms with E-state index in [0.717, 1.165) is 62.8 Å². The Morgan fingerprint density at radius 2 is 1.57 bits per heavy atom. The molecule has 35 heavy (non-hydrogen) atoms. The van der Waals surface area contributed by atoms with Gasteiger partial charge >= 0.3 is 0 Å². The minimum Gasteiger partial charge on any atom is -0.390 e. The lowest BCUT2D eigenvalue weighted by Crippen LogP contribution is -2.59. The molecule has 0 aromatic carbocycles. The molecule has 1 saturated heterocycles. The van der Waals surface area contributed by atoms with Crippen LogP contribution in [0.15, 0.2) is 0 Å². The van der Waals surface area contributed by atoms with Crippen molar-refractivity contribution in [2.45, 2.75) is 124 Å². The molecule has 1 aliphatic heterocycles. The van der Waals surface area contributed by atoms with Gasteiger partial charge in [0.2, 0.25) is 0 Å². The van der Waals surface area contributed by atoms with Crippen LogP contribution in [0.5, 0.6) is 0 Å². The van der Waals surface area contributed by atoms with Crippen molar-refractivity contribution in [3.05, 3.63) is 0 Å². The maximum absolute atomic E-state index is 11.5. The molecular formula is C31H54O4. The second-order valence-electron chi connectivity index (χ2n) is 15.3. The molecule has 5 aliphatic rings. The van der Waals surface area contributed by atoms with Gasteiger partial charge in [-0.05, 0) is 124 Å².